The molecule has 20 heavy (non-hydrogen) atoms. The number of anilines is 1. The van der Waals surface area contributed by atoms with Crippen molar-refractivity contribution in [2.45, 2.75) is 33.6 Å². The summed E-state index contributed by atoms with van der Waals surface area (Å²) in [7, 11) is 0. The van der Waals surface area contributed by atoms with E-state index in [2.05, 4.69) is 25.8 Å². The average Bonchev–Trinajstić information content (AvgIpc) is 2.38. The van der Waals surface area contributed by atoms with Crippen LogP contribution in [-0.2, 0) is 0 Å². The van der Waals surface area contributed by atoms with E-state index in [0.717, 1.165) is 25.9 Å². The Morgan fingerprint density at radius 2 is 2.00 bits per heavy atom. The van der Waals surface area contributed by atoms with Crippen LogP contribution in [0.2, 0.25) is 0 Å². The first-order valence-corrected chi connectivity index (χ1v) is 6.93. The Balaban J connectivity index is 2.15. The molecule has 0 aliphatic carbocycles. The lowest BCUT2D eigenvalue weighted by Crippen LogP contribution is -2.39. The molecule has 5 heteroatoms. The molecule has 0 bridgehead atoms. The summed E-state index contributed by atoms with van der Waals surface area (Å²) in [6, 6.07) is 1.20. The number of hydrogen-bond donors (Lipinski definition) is 1. The van der Waals surface area contributed by atoms with Crippen LogP contribution in [0.4, 0.5) is 10.2 Å². The Morgan fingerprint density at radius 1 is 1.40 bits per heavy atom. The third-order valence-corrected chi connectivity index (χ3v) is 4.12. The van der Waals surface area contributed by atoms with Crippen LogP contribution in [0, 0.1) is 17.2 Å². The van der Waals surface area contributed by atoms with Crippen molar-refractivity contribution in [2.75, 3.05) is 18.0 Å². The third-order valence-electron chi connectivity index (χ3n) is 4.12. The summed E-state index contributed by atoms with van der Waals surface area (Å²) in [4.78, 5) is 16.8. The fraction of sp³-hybridized carbons (Fsp3) is 0.600. The molecule has 1 N–H and O–H groups in total. The van der Waals surface area contributed by atoms with Crippen molar-refractivity contribution >= 4 is 11.8 Å². The zero-order chi connectivity index (χ0) is 14.9. The molecule has 2 heterocycles. The van der Waals surface area contributed by atoms with Gasteiger partial charge in [-0.2, -0.15) is 0 Å². The van der Waals surface area contributed by atoms with Gasteiger partial charge < -0.3 is 10.0 Å². The van der Waals surface area contributed by atoms with Gasteiger partial charge in [-0.3, -0.25) is 0 Å². The van der Waals surface area contributed by atoms with E-state index in [9.17, 15) is 9.18 Å². The molecule has 0 unspecified atom stereocenters. The Morgan fingerprint density at radius 3 is 2.50 bits per heavy atom. The lowest BCUT2D eigenvalue weighted by molar-refractivity contribution is 0.0691. The monoisotopic (exact) mass is 280 g/mol. The molecule has 0 saturated carbocycles. The van der Waals surface area contributed by atoms with Crippen LogP contribution in [0.5, 0.6) is 0 Å². The zero-order valence-corrected chi connectivity index (χ0v) is 12.2. The number of hydrogen-bond acceptors (Lipinski definition) is 3. The second-order valence-electron chi connectivity index (χ2n) is 6.43. The van der Waals surface area contributed by atoms with Gasteiger partial charge in [-0.25, -0.2) is 14.2 Å². The first-order chi connectivity index (χ1) is 9.30. The number of pyridine rings is 1. The molecular formula is C15H21FN2O2. The van der Waals surface area contributed by atoms with Crippen LogP contribution >= 0.6 is 0 Å². The Kier molecular flexibility index (Phi) is 3.97. The van der Waals surface area contributed by atoms with E-state index in [1.807, 2.05) is 4.90 Å². The standard InChI is InChI=1S/C15H21FN2O2/c1-15(2,3)10-5-8-18(9-6-10)13-12(16)11(14(19)20)4-7-17-13/h4,7,10H,5-6,8-9H2,1-3H3,(H,19,20). The first kappa shape index (κ1) is 14.8. The Hall–Kier alpha value is -1.65. The average molecular weight is 280 g/mol. The summed E-state index contributed by atoms with van der Waals surface area (Å²) in [6.07, 6.45) is 3.31. The van der Waals surface area contributed by atoms with Gasteiger partial charge in [0.25, 0.3) is 0 Å². The summed E-state index contributed by atoms with van der Waals surface area (Å²) >= 11 is 0. The van der Waals surface area contributed by atoms with Crippen LogP contribution in [0.1, 0.15) is 44.0 Å². The van der Waals surface area contributed by atoms with Gasteiger partial charge >= 0.3 is 5.97 Å². The van der Waals surface area contributed by atoms with E-state index in [1.54, 1.807) is 0 Å². The molecule has 1 aromatic rings. The maximum atomic E-state index is 14.2. The van der Waals surface area contributed by atoms with Crippen LogP contribution < -0.4 is 4.90 Å². The smallest absolute Gasteiger partial charge is 0.338 e. The van der Waals surface area contributed by atoms with Gasteiger partial charge in [0.2, 0.25) is 0 Å². The van der Waals surface area contributed by atoms with Gasteiger partial charge in [0, 0.05) is 19.3 Å². The van der Waals surface area contributed by atoms with Gasteiger partial charge in [-0.1, -0.05) is 20.8 Å². The maximum Gasteiger partial charge on any atom is 0.338 e. The first-order valence-electron chi connectivity index (χ1n) is 6.93. The minimum atomic E-state index is -1.25. The summed E-state index contributed by atoms with van der Waals surface area (Å²) in [6.45, 7) is 8.09. The SMILES string of the molecule is CC(C)(C)C1CCN(c2nccc(C(=O)O)c2F)CC1. The highest BCUT2D eigenvalue weighted by molar-refractivity contribution is 5.88. The van der Waals surface area contributed by atoms with Crippen molar-refractivity contribution in [3.05, 3.63) is 23.6 Å². The summed E-state index contributed by atoms with van der Waals surface area (Å²) in [5.74, 6) is -1.22. The normalized spacial score (nSPS) is 17.3. The van der Waals surface area contributed by atoms with Crippen LogP contribution in [0.15, 0.2) is 12.3 Å². The second-order valence-corrected chi connectivity index (χ2v) is 6.43. The Labute approximate surface area is 118 Å². The fourth-order valence-corrected chi connectivity index (χ4v) is 2.78. The molecular weight excluding hydrogens is 259 g/mol. The topological polar surface area (TPSA) is 53.4 Å². The number of aromatic nitrogens is 1. The molecule has 1 saturated heterocycles. The lowest BCUT2D eigenvalue weighted by Gasteiger charge is -2.39. The molecule has 1 aromatic heterocycles. The Bertz CT molecular complexity index is 503. The van der Waals surface area contributed by atoms with Gasteiger partial charge in [0.1, 0.15) is 5.56 Å². The van der Waals surface area contributed by atoms with Crippen molar-refractivity contribution in [3.8, 4) is 0 Å². The van der Waals surface area contributed by atoms with E-state index in [4.69, 9.17) is 5.11 Å². The quantitative estimate of drug-likeness (QED) is 0.904. The van der Waals surface area contributed by atoms with Crippen molar-refractivity contribution in [1.29, 1.82) is 0 Å². The summed E-state index contributed by atoms with van der Waals surface area (Å²) in [5.41, 5.74) is -0.0611. The van der Waals surface area contributed by atoms with Gasteiger partial charge in [-0.05, 0) is 30.2 Å². The number of nitrogens with zero attached hydrogens (tertiary/aromatic N) is 2. The molecule has 1 aliphatic rings. The van der Waals surface area contributed by atoms with Crippen molar-refractivity contribution in [1.82, 2.24) is 4.98 Å². The molecule has 2 rings (SSSR count). The largest absolute Gasteiger partial charge is 0.478 e. The molecule has 1 aliphatic heterocycles. The van der Waals surface area contributed by atoms with Crippen molar-refractivity contribution in [2.24, 2.45) is 11.3 Å². The molecule has 1 fully saturated rings. The van der Waals surface area contributed by atoms with Crippen LogP contribution in [-0.4, -0.2) is 29.1 Å². The highest BCUT2D eigenvalue weighted by atomic mass is 19.1. The zero-order valence-electron chi connectivity index (χ0n) is 12.2. The minimum absolute atomic E-state index is 0.164. The number of rotatable bonds is 2. The molecule has 0 aromatic carbocycles. The summed E-state index contributed by atoms with van der Waals surface area (Å²) in [5, 5.41) is 8.95. The van der Waals surface area contributed by atoms with E-state index >= 15 is 0 Å². The van der Waals surface area contributed by atoms with Gasteiger partial charge in [0.15, 0.2) is 11.6 Å². The number of aromatic carboxylic acids is 1. The number of carbonyl (C=O) groups is 1. The predicted molar refractivity (Wildman–Crippen MR) is 75.5 cm³/mol. The number of carboxylic acid groups (broad SMARTS) is 1. The van der Waals surface area contributed by atoms with Crippen molar-refractivity contribution < 1.29 is 14.3 Å². The number of carboxylic acids is 1. The van der Waals surface area contributed by atoms with Crippen LogP contribution in [0.25, 0.3) is 0 Å². The van der Waals surface area contributed by atoms with Crippen LogP contribution in [0.3, 0.4) is 0 Å². The predicted octanol–water partition coefficient (Wildman–Crippen LogP) is 3.18. The molecule has 0 atom stereocenters. The van der Waals surface area contributed by atoms with Gasteiger partial charge in [-0.15, -0.1) is 0 Å². The number of halogens is 1. The van der Waals surface area contributed by atoms with Crippen molar-refractivity contribution in [3.63, 3.8) is 0 Å². The van der Waals surface area contributed by atoms with E-state index < -0.39 is 11.8 Å². The van der Waals surface area contributed by atoms with E-state index in [0.29, 0.717) is 5.92 Å². The molecule has 110 valence electrons. The molecule has 0 amide bonds. The van der Waals surface area contributed by atoms with E-state index in [-0.39, 0.29) is 16.8 Å². The second kappa shape index (κ2) is 5.38. The van der Waals surface area contributed by atoms with Gasteiger partial charge in [0.05, 0.1) is 0 Å². The molecule has 4 nitrogen and oxygen atoms in total. The summed E-state index contributed by atoms with van der Waals surface area (Å²) < 4.78 is 14.2. The molecule has 0 radical (unpaired) electrons. The highest BCUT2D eigenvalue weighted by Gasteiger charge is 2.30. The number of piperidine rings is 1. The van der Waals surface area contributed by atoms with E-state index in [1.165, 1.54) is 12.3 Å². The lowest BCUT2D eigenvalue weighted by atomic mass is 9.75. The fourth-order valence-electron chi connectivity index (χ4n) is 2.78. The molecule has 0 spiro atoms. The third kappa shape index (κ3) is 2.92. The highest BCUT2D eigenvalue weighted by Crippen LogP contribution is 2.35. The minimum Gasteiger partial charge on any atom is -0.478 e. The maximum absolute atomic E-state index is 14.2.